The van der Waals surface area contributed by atoms with E-state index in [1.54, 1.807) is 63.6 Å². The molecule has 0 bridgehead atoms. The van der Waals surface area contributed by atoms with Crippen LogP contribution >= 0.6 is 0 Å². The summed E-state index contributed by atoms with van der Waals surface area (Å²) in [5, 5.41) is 16.0. The molecule has 10 nitrogen and oxygen atoms in total. The molecule has 0 radical (unpaired) electrons. The second-order valence-corrected chi connectivity index (χ2v) is 8.50. The number of rotatable bonds is 10. The van der Waals surface area contributed by atoms with Crippen LogP contribution in [0.2, 0.25) is 0 Å². The molecule has 0 aliphatic heterocycles. The van der Waals surface area contributed by atoms with Gasteiger partial charge in [-0.3, -0.25) is 14.9 Å². The lowest BCUT2D eigenvalue weighted by Crippen LogP contribution is -2.30. The van der Waals surface area contributed by atoms with Gasteiger partial charge < -0.3 is 19.1 Å². The molecule has 1 heterocycles. The van der Waals surface area contributed by atoms with E-state index in [0.717, 1.165) is 11.1 Å². The SMILES string of the molecule is COc1ccc(-c2cc(C(=O)N(C)CCc3ccc(OC)c(OC)c3)n(-c3cccc([N+](=O)[O-])c3)n2)cc1. The van der Waals surface area contributed by atoms with Crippen molar-refractivity contribution in [2.75, 3.05) is 34.9 Å². The van der Waals surface area contributed by atoms with Crippen molar-refractivity contribution in [3.63, 3.8) is 0 Å². The minimum absolute atomic E-state index is 0.0933. The van der Waals surface area contributed by atoms with Crippen LogP contribution < -0.4 is 14.2 Å². The molecule has 0 aliphatic carbocycles. The van der Waals surface area contributed by atoms with Crippen LogP contribution in [0.5, 0.6) is 17.2 Å². The molecule has 1 aromatic heterocycles. The zero-order valence-corrected chi connectivity index (χ0v) is 21.6. The van der Waals surface area contributed by atoms with Crippen LogP contribution in [-0.4, -0.2) is 60.4 Å². The highest BCUT2D eigenvalue weighted by Crippen LogP contribution is 2.28. The summed E-state index contributed by atoms with van der Waals surface area (Å²) in [5.41, 5.74) is 2.91. The first-order valence-corrected chi connectivity index (χ1v) is 11.8. The van der Waals surface area contributed by atoms with Gasteiger partial charge in [-0.15, -0.1) is 0 Å². The Kier molecular flexibility index (Phi) is 7.91. The van der Waals surface area contributed by atoms with E-state index in [1.165, 1.54) is 16.8 Å². The summed E-state index contributed by atoms with van der Waals surface area (Å²) >= 11 is 0. The number of nitrogens with zero attached hydrogens (tertiary/aromatic N) is 4. The summed E-state index contributed by atoms with van der Waals surface area (Å²) in [4.78, 5) is 26.1. The Bertz CT molecular complexity index is 1450. The van der Waals surface area contributed by atoms with E-state index in [-0.39, 0.29) is 17.3 Å². The lowest BCUT2D eigenvalue weighted by molar-refractivity contribution is -0.384. The van der Waals surface area contributed by atoms with Crippen LogP contribution in [-0.2, 0) is 6.42 Å². The molecular weight excluding hydrogens is 488 g/mol. The van der Waals surface area contributed by atoms with Gasteiger partial charge in [0.25, 0.3) is 11.6 Å². The number of benzene rings is 3. The van der Waals surface area contributed by atoms with Gasteiger partial charge in [-0.2, -0.15) is 5.10 Å². The molecule has 3 aromatic carbocycles. The largest absolute Gasteiger partial charge is 0.497 e. The Labute approximate surface area is 220 Å². The number of hydrogen-bond acceptors (Lipinski definition) is 7. The molecule has 196 valence electrons. The fourth-order valence-corrected chi connectivity index (χ4v) is 4.00. The van der Waals surface area contributed by atoms with Crippen molar-refractivity contribution in [3.8, 4) is 34.2 Å². The van der Waals surface area contributed by atoms with Gasteiger partial charge in [0.05, 0.1) is 37.6 Å². The molecule has 0 spiro atoms. The summed E-state index contributed by atoms with van der Waals surface area (Å²) in [6, 6.07) is 20.7. The van der Waals surface area contributed by atoms with E-state index >= 15 is 0 Å². The molecule has 4 rings (SSSR count). The van der Waals surface area contributed by atoms with Crippen molar-refractivity contribution in [3.05, 3.63) is 94.2 Å². The molecule has 10 heteroatoms. The summed E-state index contributed by atoms with van der Waals surface area (Å²) < 4.78 is 17.4. The highest BCUT2D eigenvalue weighted by atomic mass is 16.6. The van der Waals surface area contributed by atoms with Gasteiger partial charge in [-0.25, -0.2) is 4.68 Å². The standard InChI is InChI=1S/C28H28N4O6/c1-30(15-14-19-8-13-26(37-3)27(16-19)38-4)28(33)25-18-24(20-9-11-23(36-2)12-10-20)29-31(25)21-6-5-7-22(17-21)32(34)35/h5-13,16-18H,14-15H2,1-4H3. The summed E-state index contributed by atoms with van der Waals surface area (Å²) in [7, 11) is 6.45. The first kappa shape index (κ1) is 26.2. The Morgan fingerprint density at radius 2 is 1.68 bits per heavy atom. The molecule has 0 fully saturated rings. The number of hydrogen-bond donors (Lipinski definition) is 0. The fraction of sp³-hybridized carbons (Fsp3) is 0.214. The van der Waals surface area contributed by atoms with Crippen LogP contribution in [0, 0.1) is 10.1 Å². The molecule has 0 saturated carbocycles. The maximum Gasteiger partial charge on any atom is 0.272 e. The van der Waals surface area contributed by atoms with Gasteiger partial charge in [0.2, 0.25) is 0 Å². The Morgan fingerprint density at radius 3 is 2.34 bits per heavy atom. The van der Waals surface area contributed by atoms with Gasteiger partial charge in [0.1, 0.15) is 11.4 Å². The van der Waals surface area contributed by atoms with Crippen LogP contribution in [0.15, 0.2) is 72.8 Å². The van der Waals surface area contributed by atoms with Gasteiger partial charge >= 0.3 is 0 Å². The van der Waals surface area contributed by atoms with Gasteiger partial charge in [0.15, 0.2) is 11.5 Å². The number of methoxy groups -OCH3 is 3. The lowest BCUT2D eigenvalue weighted by Gasteiger charge is -2.18. The zero-order valence-electron chi connectivity index (χ0n) is 21.6. The van der Waals surface area contributed by atoms with E-state index in [1.807, 2.05) is 30.3 Å². The topological polar surface area (TPSA) is 109 Å². The highest BCUT2D eigenvalue weighted by molar-refractivity contribution is 5.94. The maximum atomic E-state index is 13.6. The Balaban J connectivity index is 1.65. The lowest BCUT2D eigenvalue weighted by atomic mass is 10.1. The highest BCUT2D eigenvalue weighted by Gasteiger charge is 2.22. The van der Waals surface area contributed by atoms with Crippen LogP contribution in [0.1, 0.15) is 16.1 Å². The predicted molar refractivity (Wildman–Crippen MR) is 142 cm³/mol. The van der Waals surface area contributed by atoms with Crippen LogP contribution in [0.3, 0.4) is 0 Å². The van der Waals surface area contributed by atoms with Crippen molar-refractivity contribution in [1.82, 2.24) is 14.7 Å². The summed E-state index contributed by atoms with van der Waals surface area (Å²) in [5.74, 6) is 1.67. The van der Waals surface area contributed by atoms with E-state index in [0.29, 0.717) is 41.6 Å². The Morgan fingerprint density at radius 1 is 0.947 bits per heavy atom. The monoisotopic (exact) mass is 516 g/mol. The number of non-ortho nitro benzene ring substituents is 1. The molecule has 1 amide bonds. The third kappa shape index (κ3) is 5.59. The van der Waals surface area contributed by atoms with Crippen molar-refractivity contribution in [2.45, 2.75) is 6.42 Å². The van der Waals surface area contributed by atoms with Gasteiger partial charge in [0, 0.05) is 31.3 Å². The van der Waals surface area contributed by atoms with Gasteiger partial charge in [-0.1, -0.05) is 12.1 Å². The molecule has 0 unspecified atom stereocenters. The molecule has 0 aliphatic rings. The first-order chi connectivity index (χ1) is 18.3. The van der Waals surface area contributed by atoms with Crippen LogP contribution in [0.4, 0.5) is 5.69 Å². The molecule has 4 aromatic rings. The number of nitro benzene ring substituents is 1. The summed E-state index contributed by atoms with van der Waals surface area (Å²) in [6.07, 6.45) is 0.582. The number of likely N-dealkylation sites (N-methyl/N-ethyl adjacent to an activating group) is 1. The average Bonchev–Trinajstić information content (AvgIpc) is 3.41. The quantitative estimate of drug-likeness (QED) is 0.220. The van der Waals surface area contributed by atoms with E-state index in [9.17, 15) is 14.9 Å². The van der Waals surface area contributed by atoms with Crippen LogP contribution in [0.25, 0.3) is 16.9 Å². The van der Waals surface area contributed by atoms with E-state index in [2.05, 4.69) is 5.10 Å². The number of carbonyl (C=O) groups is 1. The Hall–Kier alpha value is -4.86. The molecule has 38 heavy (non-hydrogen) atoms. The minimum Gasteiger partial charge on any atom is -0.497 e. The third-order valence-electron chi connectivity index (χ3n) is 6.13. The smallest absolute Gasteiger partial charge is 0.272 e. The van der Waals surface area contributed by atoms with Crippen molar-refractivity contribution >= 4 is 11.6 Å². The van der Waals surface area contributed by atoms with Crippen molar-refractivity contribution < 1.29 is 23.9 Å². The number of aromatic nitrogens is 2. The number of nitro groups is 1. The minimum atomic E-state index is -0.478. The average molecular weight is 517 g/mol. The maximum absolute atomic E-state index is 13.6. The van der Waals surface area contributed by atoms with E-state index < -0.39 is 4.92 Å². The molecular formula is C28H28N4O6. The second kappa shape index (κ2) is 11.5. The van der Waals surface area contributed by atoms with Crippen molar-refractivity contribution in [1.29, 1.82) is 0 Å². The molecule has 0 atom stereocenters. The number of ether oxygens (including phenoxy) is 3. The summed E-state index contributed by atoms with van der Waals surface area (Å²) in [6.45, 7) is 0.423. The van der Waals surface area contributed by atoms with Gasteiger partial charge in [-0.05, 0) is 60.5 Å². The fourth-order valence-electron chi connectivity index (χ4n) is 4.00. The number of carbonyl (C=O) groups excluding carboxylic acids is 1. The molecule has 0 N–H and O–H groups in total. The third-order valence-corrected chi connectivity index (χ3v) is 6.13. The normalized spacial score (nSPS) is 10.6. The van der Waals surface area contributed by atoms with Crippen molar-refractivity contribution in [2.24, 2.45) is 0 Å². The predicted octanol–water partition coefficient (Wildman–Crippen LogP) is 4.79. The number of amides is 1. The zero-order chi connectivity index (χ0) is 27.2. The van der Waals surface area contributed by atoms with E-state index in [4.69, 9.17) is 14.2 Å². The first-order valence-electron chi connectivity index (χ1n) is 11.8. The molecule has 0 saturated heterocycles. The second-order valence-electron chi connectivity index (χ2n) is 8.50.